The second-order valence-corrected chi connectivity index (χ2v) is 5.63. The summed E-state index contributed by atoms with van der Waals surface area (Å²) in [5.41, 5.74) is 2.18. The summed E-state index contributed by atoms with van der Waals surface area (Å²) in [6.45, 7) is 5.78. The van der Waals surface area contributed by atoms with Crippen LogP contribution in [0.4, 0.5) is 10.5 Å². The Balaban J connectivity index is 1.79. The van der Waals surface area contributed by atoms with Crippen molar-refractivity contribution in [2.75, 3.05) is 4.90 Å². The molecule has 6 heteroatoms. The van der Waals surface area contributed by atoms with Crippen molar-refractivity contribution in [3.63, 3.8) is 0 Å². The summed E-state index contributed by atoms with van der Waals surface area (Å²) in [6, 6.07) is 7.79. The molecule has 1 N–H and O–H groups in total. The maximum atomic E-state index is 12.7. The smallest absolute Gasteiger partial charge is 0.322 e. The number of hydrogen-bond donors (Lipinski definition) is 1. The van der Waals surface area contributed by atoms with Crippen LogP contribution >= 0.6 is 0 Å². The van der Waals surface area contributed by atoms with Gasteiger partial charge in [-0.25, -0.2) is 4.79 Å². The number of carbonyl (C=O) groups excluding carboxylic acids is 1. The Morgan fingerprint density at radius 1 is 1.50 bits per heavy atom. The molecule has 0 fully saturated rings. The minimum absolute atomic E-state index is 0.119. The van der Waals surface area contributed by atoms with E-state index in [1.807, 2.05) is 30.0 Å². The first-order valence-corrected chi connectivity index (χ1v) is 7.58. The molecule has 116 valence electrons. The van der Waals surface area contributed by atoms with Crippen molar-refractivity contribution in [1.29, 1.82) is 0 Å². The van der Waals surface area contributed by atoms with Gasteiger partial charge in [0.25, 0.3) is 0 Å². The van der Waals surface area contributed by atoms with Crippen molar-refractivity contribution in [2.45, 2.75) is 45.7 Å². The fourth-order valence-corrected chi connectivity index (χ4v) is 2.90. The number of anilines is 1. The van der Waals surface area contributed by atoms with E-state index in [0.717, 1.165) is 12.1 Å². The van der Waals surface area contributed by atoms with E-state index in [0.29, 0.717) is 18.1 Å². The number of nitrogens with zero attached hydrogens (tertiary/aromatic N) is 3. The van der Waals surface area contributed by atoms with Gasteiger partial charge in [-0.2, -0.15) is 4.98 Å². The maximum Gasteiger partial charge on any atom is 0.322 e. The standard InChI is InChI=1S/C16H20N4O2/c1-4-13(15-17-11(3)22-19-15)18-16(21)20-10(2)9-12-7-5-6-8-14(12)20/h5-8,10,13H,4,9H2,1-3H3,(H,18,21)/t10-,13-/m0/s1. The van der Waals surface area contributed by atoms with Gasteiger partial charge in [0.2, 0.25) is 5.89 Å². The lowest BCUT2D eigenvalue weighted by molar-refractivity contribution is 0.240. The molecule has 0 spiro atoms. The fraction of sp³-hybridized carbons (Fsp3) is 0.438. The zero-order valence-corrected chi connectivity index (χ0v) is 13.0. The normalized spacial score (nSPS) is 18.1. The molecule has 6 nitrogen and oxygen atoms in total. The number of amides is 2. The Morgan fingerprint density at radius 3 is 2.95 bits per heavy atom. The Labute approximate surface area is 129 Å². The minimum atomic E-state index is -0.245. The molecular formula is C16H20N4O2. The van der Waals surface area contributed by atoms with Crippen LogP contribution in [0.1, 0.15) is 43.6 Å². The number of hydrogen-bond acceptors (Lipinski definition) is 4. The van der Waals surface area contributed by atoms with Crippen LogP contribution in [0.3, 0.4) is 0 Å². The first-order chi connectivity index (χ1) is 10.6. The third-order valence-corrected chi connectivity index (χ3v) is 3.99. The number of fused-ring (bicyclic) bond motifs is 1. The number of nitrogens with one attached hydrogen (secondary N) is 1. The van der Waals surface area contributed by atoms with Crippen LogP contribution in [0, 0.1) is 6.92 Å². The molecule has 1 aliphatic rings. The van der Waals surface area contributed by atoms with Gasteiger partial charge in [0.15, 0.2) is 5.82 Å². The second kappa shape index (κ2) is 5.79. The van der Waals surface area contributed by atoms with Crippen molar-refractivity contribution < 1.29 is 9.32 Å². The third kappa shape index (κ3) is 2.56. The fourth-order valence-electron chi connectivity index (χ4n) is 2.90. The molecule has 1 aromatic heterocycles. The maximum absolute atomic E-state index is 12.7. The average molecular weight is 300 g/mol. The van der Waals surface area contributed by atoms with Crippen molar-refractivity contribution in [2.24, 2.45) is 0 Å². The van der Waals surface area contributed by atoms with Gasteiger partial charge >= 0.3 is 6.03 Å². The van der Waals surface area contributed by atoms with E-state index < -0.39 is 0 Å². The summed E-state index contributed by atoms with van der Waals surface area (Å²) < 4.78 is 5.01. The highest BCUT2D eigenvalue weighted by Gasteiger charge is 2.32. The van der Waals surface area contributed by atoms with Gasteiger partial charge in [-0.3, -0.25) is 4.90 Å². The number of aromatic nitrogens is 2. The molecule has 0 bridgehead atoms. The Morgan fingerprint density at radius 2 is 2.27 bits per heavy atom. The number of urea groups is 1. The summed E-state index contributed by atoms with van der Waals surface area (Å²) in [7, 11) is 0. The predicted octanol–water partition coefficient (Wildman–Crippen LogP) is 2.99. The lowest BCUT2D eigenvalue weighted by atomic mass is 10.1. The minimum Gasteiger partial charge on any atom is -0.340 e. The molecule has 2 heterocycles. The lowest BCUT2D eigenvalue weighted by Crippen LogP contribution is -2.44. The van der Waals surface area contributed by atoms with E-state index in [1.54, 1.807) is 6.92 Å². The number of carbonyl (C=O) groups is 1. The van der Waals surface area contributed by atoms with Crippen LogP contribution < -0.4 is 10.2 Å². The van der Waals surface area contributed by atoms with Gasteiger partial charge in [-0.15, -0.1) is 0 Å². The summed E-state index contributed by atoms with van der Waals surface area (Å²) in [5.74, 6) is 1.02. The summed E-state index contributed by atoms with van der Waals surface area (Å²) >= 11 is 0. The SMILES string of the molecule is CC[C@H](NC(=O)N1c2ccccc2C[C@@H]1C)c1noc(C)n1. The quantitative estimate of drug-likeness (QED) is 0.946. The Hall–Kier alpha value is -2.37. The van der Waals surface area contributed by atoms with E-state index in [9.17, 15) is 4.79 Å². The first kappa shape index (κ1) is 14.6. The van der Waals surface area contributed by atoms with Crippen LogP contribution in [0.5, 0.6) is 0 Å². The van der Waals surface area contributed by atoms with Crippen molar-refractivity contribution >= 4 is 11.7 Å². The highest BCUT2D eigenvalue weighted by atomic mass is 16.5. The van der Waals surface area contributed by atoms with Gasteiger partial charge in [-0.05, 0) is 31.4 Å². The first-order valence-electron chi connectivity index (χ1n) is 7.58. The summed E-state index contributed by atoms with van der Waals surface area (Å²) in [6.07, 6.45) is 1.58. The molecule has 2 aromatic rings. The molecule has 3 rings (SSSR count). The van der Waals surface area contributed by atoms with Crippen LogP contribution in [-0.2, 0) is 6.42 Å². The van der Waals surface area contributed by atoms with Gasteiger partial charge in [-0.1, -0.05) is 30.3 Å². The number of benzene rings is 1. The van der Waals surface area contributed by atoms with E-state index in [1.165, 1.54) is 5.56 Å². The third-order valence-electron chi connectivity index (χ3n) is 3.99. The molecule has 2 amide bonds. The second-order valence-electron chi connectivity index (χ2n) is 5.63. The molecule has 1 aliphatic heterocycles. The van der Waals surface area contributed by atoms with Crippen molar-refractivity contribution in [1.82, 2.24) is 15.5 Å². The molecule has 0 saturated carbocycles. The number of para-hydroxylation sites is 1. The van der Waals surface area contributed by atoms with Gasteiger partial charge in [0.05, 0.1) is 6.04 Å². The monoisotopic (exact) mass is 300 g/mol. The lowest BCUT2D eigenvalue weighted by Gasteiger charge is -2.25. The molecule has 0 saturated heterocycles. The number of aryl methyl sites for hydroxylation is 1. The summed E-state index contributed by atoms with van der Waals surface area (Å²) in [4.78, 5) is 18.7. The van der Waals surface area contributed by atoms with E-state index in [2.05, 4.69) is 28.4 Å². The molecule has 0 unspecified atom stereocenters. The van der Waals surface area contributed by atoms with E-state index in [-0.39, 0.29) is 18.1 Å². The van der Waals surface area contributed by atoms with E-state index >= 15 is 0 Å². The molecule has 1 aromatic carbocycles. The largest absolute Gasteiger partial charge is 0.340 e. The predicted molar refractivity (Wildman–Crippen MR) is 82.7 cm³/mol. The highest BCUT2D eigenvalue weighted by Crippen LogP contribution is 2.32. The zero-order chi connectivity index (χ0) is 15.7. The zero-order valence-electron chi connectivity index (χ0n) is 13.0. The van der Waals surface area contributed by atoms with Crippen LogP contribution in [0.15, 0.2) is 28.8 Å². The van der Waals surface area contributed by atoms with Gasteiger partial charge in [0, 0.05) is 18.7 Å². The average Bonchev–Trinajstić information content (AvgIpc) is 3.07. The molecule has 0 aliphatic carbocycles. The van der Waals surface area contributed by atoms with Crippen molar-refractivity contribution in [3.8, 4) is 0 Å². The van der Waals surface area contributed by atoms with E-state index in [4.69, 9.17) is 4.52 Å². The van der Waals surface area contributed by atoms with Crippen LogP contribution in [-0.4, -0.2) is 22.2 Å². The number of rotatable bonds is 3. The molecule has 2 atom stereocenters. The molecule has 0 radical (unpaired) electrons. The van der Waals surface area contributed by atoms with Crippen LogP contribution in [0.25, 0.3) is 0 Å². The van der Waals surface area contributed by atoms with Crippen LogP contribution in [0.2, 0.25) is 0 Å². The van der Waals surface area contributed by atoms with Crippen molar-refractivity contribution in [3.05, 3.63) is 41.5 Å². The van der Waals surface area contributed by atoms with Gasteiger partial charge in [0.1, 0.15) is 0 Å². The topological polar surface area (TPSA) is 71.3 Å². The van der Waals surface area contributed by atoms with Gasteiger partial charge < -0.3 is 9.84 Å². The summed E-state index contributed by atoms with van der Waals surface area (Å²) in [5, 5.41) is 6.92. The highest BCUT2D eigenvalue weighted by molar-refractivity contribution is 5.95. The Kier molecular flexibility index (Phi) is 3.83. The molecule has 22 heavy (non-hydrogen) atoms. The Bertz CT molecular complexity index is 682. The molecular weight excluding hydrogens is 280 g/mol.